The smallest absolute Gasteiger partial charge is 0.336 e. The number of aliphatic carboxylic acids is 2. The Balaban J connectivity index is 0.000000351. The number of carbonyl (C=O) groups excluding carboxylic acids is 2. The zero-order chi connectivity index (χ0) is 38.1. The van der Waals surface area contributed by atoms with Crippen LogP contribution in [0.2, 0.25) is 0 Å². The fourth-order valence-corrected chi connectivity index (χ4v) is 4.23. The normalized spacial score (nSPS) is 10.4. The standard InChI is InChI=1S/C11H14N2O3.2C10H9NO2.C4H8N2O3.ClH/c12-7-10(14)13-9(11(15)16)6-8-4-2-1-3-5-8;2*1-6-4-10(12)13-9-5-7(11)2-3-8(6)9;5-1-3(7)6-2-4(8)9;/h1-5,9H,6-7,12H2,(H,13,14)(H,15,16);2*2-5H,11H2,1H3;1-2,5H2,(H,6,7)(H,8,9);1H/t9-;;;;/m0..../s1. The van der Waals surface area contributed by atoms with Gasteiger partial charge in [0, 0.05) is 52.8 Å². The molecule has 0 aliphatic heterocycles. The molecule has 2 amide bonds. The number of carbonyl (C=O) groups is 4. The van der Waals surface area contributed by atoms with Crippen LogP contribution in [0, 0.1) is 13.8 Å². The first-order valence-corrected chi connectivity index (χ1v) is 15.2. The minimum Gasteiger partial charge on any atom is -0.480 e. The number of halogens is 1. The van der Waals surface area contributed by atoms with Gasteiger partial charge in [0.05, 0.1) is 13.1 Å². The van der Waals surface area contributed by atoms with Gasteiger partial charge < -0.3 is 52.6 Å². The van der Waals surface area contributed by atoms with Crippen LogP contribution in [0.25, 0.3) is 21.9 Å². The molecule has 2 heterocycles. The summed E-state index contributed by atoms with van der Waals surface area (Å²) in [5.74, 6) is -3.07. The van der Waals surface area contributed by atoms with Gasteiger partial charge in [-0.1, -0.05) is 30.3 Å². The maximum absolute atomic E-state index is 11.0. The largest absolute Gasteiger partial charge is 0.480 e. The molecule has 2 aromatic heterocycles. The number of carboxylic acids is 2. The summed E-state index contributed by atoms with van der Waals surface area (Å²) in [6.45, 7) is 2.99. The average molecular weight is 741 g/mol. The van der Waals surface area contributed by atoms with Crippen LogP contribution >= 0.6 is 12.4 Å². The van der Waals surface area contributed by atoms with Crippen LogP contribution in [0.1, 0.15) is 16.7 Å². The Hall–Kier alpha value is -6.23. The fourth-order valence-electron chi connectivity index (χ4n) is 4.23. The molecule has 5 aromatic rings. The number of anilines is 2. The van der Waals surface area contributed by atoms with Crippen LogP contribution in [0.4, 0.5) is 11.4 Å². The van der Waals surface area contributed by atoms with Crippen molar-refractivity contribution >= 4 is 69.5 Å². The second kappa shape index (κ2) is 21.8. The van der Waals surface area contributed by atoms with Gasteiger partial charge in [-0.25, -0.2) is 14.4 Å². The van der Waals surface area contributed by atoms with E-state index >= 15 is 0 Å². The molecular formula is C35H41ClN6O10. The summed E-state index contributed by atoms with van der Waals surface area (Å²) in [7, 11) is 0. The topological polar surface area (TPSA) is 297 Å². The Morgan fingerprint density at radius 3 is 1.58 bits per heavy atom. The van der Waals surface area contributed by atoms with Crippen LogP contribution in [-0.2, 0) is 25.6 Å². The lowest BCUT2D eigenvalue weighted by Crippen LogP contribution is -2.44. The van der Waals surface area contributed by atoms with Crippen LogP contribution in [-0.4, -0.2) is 59.6 Å². The maximum atomic E-state index is 11.0. The highest BCUT2D eigenvalue weighted by Crippen LogP contribution is 2.19. The van der Waals surface area contributed by atoms with Gasteiger partial charge >= 0.3 is 23.2 Å². The first kappa shape index (κ1) is 43.8. The Morgan fingerprint density at radius 1 is 0.712 bits per heavy atom. The summed E-state index contributed by atoms with van der Waals surface area (Å²) in [5.41, 5.74) is 25.4. The first-order chi connectivity index (χ1) is 24.1. The highest BCUT2D eigenvalue weighted by molar-refractivity contribution is 5.86. The number of benzene rings is 3. The molecule has 16 nitrogen and oxygen atoms in total. The van der Waals surface area contributed by atoms with Gasteiger partial charge in [-0.15, -0.1) is 12.4 Å². The lowest BCUT2D eigenvalue weighted by Gasteiger charge is -2.13. The zero-order valence-electron chi connectivity index (χ0n) is 28.3. The van der Waals surface area contributed by atoms with Crippen molar-refractivity contribution in [2.75, 3.05) is 31.1 Å². The van der Waals surface area contributed by atoms with Crippen molar-refractivity contribution in [3.8, 4) is 0 Å². The Bertz CT molecular complexity index is 1990. The van der Waals surface area contributed by atoms with E-state index in [1.807, 2.05) is 56.3 Å². The van der Waals surface area contributed by atoms with Gasteiger partial charge in [-0.05, 0) is 54.8 Å². The van der Waals surface area contributed by atoms with E-state index in [4.69, 9.17) is 42.0 Å². The van der Waals surface area contributed by atoms with E-state index in [1.165, 1.54) is 12.1 Å². The van der Waals surface area contributed by atoms with Crippen molar-refractivity contribution in [2.24, 2.45) is 11.5 Å². The van der Waals surface area contributed by atoms with Gasteiger partial charge in [-0.2, -0.15) is 0 Å². The number of rotatable bonds is 8. The molecule has 5 rings (SSSR count). The maximum Gasteiger partial charge on any atom is 0.336 e. The van der Waals surface area contributed by atoms with Crippen molar-refractivity contribution in [1.29, 1.82) is 0 Å². The third kappa shape index (κ3) is 15.1. The number of nitrogen functional groups attached to an aromatic ring is 2. The van der Waals surface area contributed by atoms with Crippen LogP contribution in [0.15, 0.2) is 97.3 Å². The number of hydrogen-bond donors (Lipinski definition) is 8. The van der Waals surface area contributed by atoms with E-state index in [0.29, 0.717) is 22.5 Å². The molecule has 52 heavy (non-hydrogen) atoms. The van der Waals surface area contributed by atoms with Gasteiger partial charge in [-0.3, -0.25) is 14.4 Å². The first-order valence-electron chi connectivity index (χ1n) is 15.2. The summed E-state index contributed by atoms with van der Waals surface area (Å²) in [4.78, 5) is 63.9. The fraction of sp³-hybridized carbons (Fsp3) is 0.200. The molecule has 0 fully saturated rings. The number of fused-ring (bicyclic) bond motifs is 2. The number of carboxylic acid groups (broad SMARTS) is 2. The van der Waals surface area contributed by atoms with Crippen molar-refractivity contribution in [2.45, 2.75) is 26.3 Å². The summed E-state index contributed by atoms with van der Waals surface area (Å²) in [6.07, 6.45) is 0.252. The van der Waals surface area contributed by atoms with Crippen molar-refractivity contribution in [1.82, 2.24) is 10.6 Å². The lowest BCUT2D eigenvalue weighted by molar-refractivity contribution is -0.141. The van der Waals surface area contributed by atoms with E-state index < -0.39 is 29.8 Å². The minimum atomic E-state index is -1.07. The molecule has 3 aromatic carbocycles. The molecule has 0 spiro atoms. The molecule has 0 unspecified atom stereocenters. The second-order valence-electron chi connectivity index (χ2n) is 10.7. The molecule has 278 valence electrons. The average Bonchev–Trinajstić information content (AvgIpc) is 3.07. The number of nitrogens with one attached hydrogen (secondary N) is 2. The molecule has 0 saturated heterocycles. The Morgan fingerprint density at radius 2 is 1.17 bits per heavy atom. The van der Waals surface area contributed by atoms with E-state index in [9.17, 15) is 28.8 Å². The summed E-state index contributed by atoms with van der Waals surface area (Å²) in [6, 6.07) is 21.7. The molecule has 0 bridgehead atoms. The van der Waals surface area contributed by atoms with Crippen molar-refractivity contribution in [3.63, 3.8) is 0 Å². The number of nitrogens with two attached hydrogens (primary N) is 4. The molecule has 12 N–H and O–H groups in total. The summed E-state index contributed by atoms with van der Waals surface area (Å²) < 4.78 is 9.98. The molecular weight excluding hydrogens is 700 g/mol. The van der Waals surface area contributed by atoms with Crippen LogP contribution in [0.5, 0.6) is 0 Å². The van der Waals surface area contributed by atoms with Crippen LogP contribution in [0.3, 0.4) is 0 Å². The molecule has 0 saturated carbocycles. The van der Waals surface area contributed by atoms with Crippen molar-refractivity contribution < 1.29 is 38.2 Å². The van der Waals surface area contributed by atoms with Gasteiger partial charge in [0.25, 0.3) is 0 Å². The predicted octanol–water partition coefficient (Wildman–Crippen LogP) is 1.69. The van der Waals surface area contributed by atoms with Crippen molar-refractivity contribution in [3.05, 3.63) is 116 Å². The Labute approximate surface area is 303 Å². The second-order valence-corrected chi connectivity index (χ2v) is 10.7. The number of amides is 2. The van der Waals surface area contributed by atoms with E-state index in [2.05, 4.69) is 10.6 Å². The number of aryl methyl sites for hydroxylation is 2. The monoisotopic (exact) mass is 740 g/mol. The van der Waals surface area contributed by atoms with E-state index in [1.54, 1.807) is 24.3 Å². The third-order valence-corrected chi connectivity index (χ3v) is 6.67. The van der Waals surface area contributed by atoms with E-state index in [0.717, 1.165) is 27.5 Å². The Kier molecular flexibility index (Phi) is 18.3. The minimum absolute atomic E-state index is 0. The highest BCUT2D eigenvalue weighted by atomic mass is 35.5. The number of hydrogen-bond acceptors (Lipinski definition) is 12. The lowest BCUT2D eigenvalue weighted by atomic mass is 10.1. The van der Waals surface area contributed by atoms with E-state index in [-0.39, 0.29) is 49.7 Å². The molecule has 1 atom stereocenters. The quantitative estimate of drug-likeness (QED) is 0.0830. The predicted molar refractivity (Wildman–Crippen MR) is 199 cm³/mol. The van der Waals surface area contributed by atoms with Gasteiger partial charge in [0.15, 0.2) is 0 Å². The molecule has 0 radical (unpaired) electrons. The van der Waals surface area contributed by atoms with Gasteiger partial charge in [0.2, 0.25) is 11.8 Å². The summed E-state index contributed by atoms with van der Waals surface area (Å²) in [5, 5.41) is 23.2. The SMILES string of the molecule is Cc1cc(=O)oc2cc(N)ccc12.Cc1cc(=O)oc2cc(N)ccc12.Cl.NCC(=O)NCC(=O)O.NCC(=O)N[C@@H](Cc1ccccc1)C(=O)O. The third-order valence-electron chi connectivity index (χ3n) is 6.67. The van der Waals surface area contributed by atoms with Gasteiger partial charge in [0.1, 0.15) is 23.8 Å². The molecule has 17 heteroatoms. The van der Waals surface area contributed by atoms with Crippen LogP contribution < -0.4 is 44.8 Å². The molecule has 0 aliphatic rings. The zero-order valence-corrected chi connectivity index (χ0v) is 29.1. The summed E-state index contributed by atoms with van der Waals surface area (Å²) >= 11 is 0. The highest BCUT2D eigenvalue weighted by Gasteiger charge is 2.19. The molecule has 0 aliphatic carbocycles.